The molecule has 2 fully saturated rings. The topological polar surface area (TPSA) is 61.7 Å². The molecule has 7 nitrogen and oxygen atoms in total. The van der Waals surface area contributed by atoms with Crippen molar-refractivity contribution in [3.63, 3.8) is 0 Å². The quantitative estimate of drug-likeness (QED) is 0.442. The molecule has 0 atom stereocenters. The maximum atomic E-state index is 13.6. The highest BCUT2D eigenvalue weighted by Crippen LogP contribution is 2.32. The Bertz CT molecular complexity index is 1390. The SMILES string of the molecule is Cc1nn(Cc2ccccc2)c(C)c1S(=O)(=O)N1CCC(N2CCN(c3cccc(C(F)(F)F)c3)CC2)CC1. The molecule has 0 bridgehead atoms. The molecular weight excluding hydrogens is 527 g/mol. The van der Waals surface area contributed by atoms with Crippen LogP contribution in [0, 0.1) is 13.8 Å². The summed E-state index contributed by atoms with van der Waals surface area (Å²) in [4.78, 5) is 4.64. The van der Waals surface area contributed by atoms with E-state index in [0.717, 1.165) is 37.6 Å². The molecule has 0 unspecified atom stereocenters. The van der Waals surface area contributed by atoms with Crippen molar-refractivity contribution in [3.8, 4) is 0 Å². The van der Waals surface area contributed by atoms with Gasteiger partial charge < -0.3 is 4.90 Å². The van der Waals surface area contributed by atoms with Gasteiger partial charge in [-0.2, -0.15) is 22.6 Å². The highest BCUT2D eigenvalue weighted by atomic mass is 32.2. The molecule has 3 heterocycles. The number of aryl methyl sites for hydroxylation is 1. The summed E-state index contributed by atoms with van der Waals surface area (Å²) < 4.78 is 70.0. The monoisotopic (exact) mass is 561 g/mol. The summed E-state index contributed by atoms with van der Waals surface area (Å²) >= 11 is 0. The minimum Gasteiger partial charge on any atom is -0.369 e. The lowest BCUT2D eigenvalue weighted by molar-refractivity contribution is -0.137. The predicted molar refractivity (Wildman–Crippen MR) is 144 cm³/mol. The van der Waals surface area contributed by atoms with Crippen molar-refractivity contribution in [3.05, 3.63) is 77.1 Å². The van der Waals surface area contributed by atoms with Gasteiger partial charge in [0, 0.05) is 51.0 Å². The first-order valence-electron chi connectivity index (χ1n) is 13.3. The number of piperidine rings is 1. The lowest BCUT2D eigenvalue weighted by atomic mass is 10.0. The fourth-order valence-corrected chi connectivity index (χ4v) is 7.61. The van der Waals surface area contributed by atoms with E-state index in [1.54, 1.807) is 22.0 Å². The van der Waals surface area contributed by atoms with Crippen LogP contribution in [0.1, 0.15) is 35.4 Å². The van der Waals surface area contributed by atoms with Gasteiger partial charge in [0.25, 0.3) is 0 Å². The zero-order valence-electron chi connectivity index (χ0n) is 22.2. The standard InChI is InChI=1S/C28H34F3N5O2S/c1-21-27(22(2)36(32-21)20-23-7-4-3-5-8-23)39(37,38)35-13-11-25(12-14-35)33-15-17-34(18-16-33)26-10-6-9-24(19-26)28(29,30)31/h3-10,19,25H,11-18,20H2,1-2H3. The second-order valence-corrected chi connectivity index (χ2v) is 12.2. The third-order valence-corrected chi connectivity index (χ3v) is 10.0. The number of hydrogen-bond acceptors (Lipinski definition) is 5. The number of piperazine rings is 1. The molecule has 2 aliphatic rings. The van der Waals surface area contributed by atoms with Gasteiger partial charge in [0.2, 0.25) is 10.0 Å². The number of hydrogen-bond donors (Lipinski definition) is 0. The molecular formula is C28H34F3N5O2S. The van der Waals surface area contributed by atoms with Crippen LogP contribution in [0.15, 0.2) is 59.5 Å². The molecule has 2 saturated heterocycles. The number of rotatable bonds is 6. The van der Waals surface area contributed by atoms with E-state index in [9.17, 15) is 21.6 Å². The summed E-state index contributed by atoms with van der Waals surface area (Å²) in [5.41, 5.74) is 2.16. The predicted octanol–water partition coefficient (Wildman–Crippen LogP) is 4.54. The lowest BCUT2D eigenvalue weighted by Gasteiger charge is -2.43. The molecule has 0 N–H and O–H groups in total. The van der Waals surface area contributed by atoms with Gasteiger partial charge in [0.05, 0.1) is 23.5 Å². The van der Waals surface area contributed by atoms with E-state index < -0.39 is 21.8 Å². The van der Waals surface area contributed by atoms with Gasteiger partial charge in [-0.15, -0.1) is 0 Å². The summed E-state index contributed by atoms with van der Waals surface area (Å²) in [6, 6.07) is 15.6. The third kappa shape index (κ3) is 5.85. The van der Waals surface area contributed by atoms with Crippen LogP contribution in [0.3, 0.4) is 0 Å². The van der Waals surface area contributed by atoms with Crippen molar-refractivity contribution >= 4 is 15.7 Å². The van der Waals surface area contributed by atoms with Gasteiger partial charge in [-0.3, -0.25) is 9.58 Å². The zero-order chi connectivity index (χ0) is 27.8. The molecule has 0 aliphatic carbocycles. The summed E-state index contributed by atoms with van der Waals surface area (Å²) in [7, 11) is -3.68. The van der Waals surface area contributed by atoms with Gasteiger partial charge in [-0.05, 0) is 50.5 Å². The number of nitrogens with zero attached hydrogens (tertiary/aromatic N) is 5. The van der Waals surface area contributed by atoms with Gasteiger partial charge >= 0.3 is 6.18 Å². The first-order valence-corrected chi connectivity index (χ1v) is 14.7. The summed E-state index contributed by atoms with van der Waals surface area (Å²) in [6.07, 6.45) is -2.91. The smallest absolute Gasteiger partial charge is 0.369 e. The molecule has 39 heavy (non-hydrogen) atoms. The Balaban J connectivity index is 1.19. The number of benzene rings is 2. The fourth-order valence-electron chi connectivity index (χ4n) is 5.77. The van der Waals surface area contributed by atoms with E-state index in [2.05, 4.69) is 10.00 Å². The Labute approximate surface area is 227 Å². The molecule has 2 aliphatic heterocycles. The average Bonchev–Trinajstić information content (AvgIpc) is 3.21. The van der Waals surface area contributed by atoms with Crippen molar-refractivity contribution in [2.24, 2.45) is 0 Å². The van der Waals surface area contributed by atoms with E-state index in [4.69, 9.17) is 0 Å². The Morgan fingerprint density at radius 2 is 1.56 bits per heavy atom. The van der Waals surface area contributed by atoms with Crippen LogP contribution in [0.25, 0.3) is 0 Å². The molecule has 0 spiro atoms. The van der Waals surface area contributed by atoms with E-state index in [0.29, 0.717) is 54.7 Å². The second-order valence-electron chi connectivity index (χ2n) is 10.3. The Morgan fingerprint density at radius 1 is 0.897 bits per heavy atom. The van der Waals surface area contributed by atoms with E-state index in [1.165, 1.54) is 12.1 Å². The molecule has 3 aromatic rings. The number of aromatic nitrogens is 2. The largest absolute Gasteiger partial charge is 0.416 e. The number of alkyl halides is 3. The van der Waals surface area contributed by atoms with Crippen LogP contribution < -0.4 is 4.90 Å². The minimum atomic E-state index is -4.36. The molecule has 0 amide bonds. The van der Waals surface area contributed by atoms with Gasteiger partial charge in [-0.25, -0.2) is 8.42 Å². The number of anilines is 1. The van der Waals surface area contributed by atoms with Crippen LogP contribution in [0.4, 0.5) is 18.9 Å². The highest BCUT2D eigenvalue weighted by Gasteiger charge is 2.36. The van der Waals surface area contributed by atoms with Crippen LogP contribution in [-0.4, -0.2) is 72.7 Å². The van der Waals surface area contributed by atoms with E-state index in [-0.39, 0.29) is 6.04 Å². The van der Waals surface area contributed by atoms with Gasteiger partial charge in [0.1, 0.15) is 4.90 Å². The van der Waals surface area contributed by atoms with Crippen LogP contribution in [0.2, 0.25) is 0 Å². The van der Waals surface area contributed by atoms with Crippen molar-refractivity contribution in [1.82, 2.24) is 19.0 Å². The van der Waals surface area contributed by atoms with Crippen LogP contribution >= 0.6 is 0 Å². The molecule has 0 radical (unpaired) electrons. The van der Waals surface area contributed by atoms with Crippen LogP contribution in [0.5, 0.6) is 0 Å². The normalized spacial score (nSPS) is 18.5. The summed E-state index contributed by atoms with van der Waals surface area (Å²) in [5, 5.41) is 4.54. The fraction of sp³-hybridized carbons (Fsp3) is 0.464. The average molecular weight is 562 g/mol. The maximum Gasteiger partial charge on any atom is 0.416 e. The number of sulfonamides is 1. The second kappa shape index (κ2) is 10.9. The van der Waals surface area contributed by atoms with Crippen molar-refractivity contribution < 1.29 is 21.6 Å². The first kappa shape index (κ1) is 27.7. The number of halogens is 3. The third-order valence-electron chi connectivity index (χ3n) is 7.88. The van der Waals surface area contributed by atoms with Gasteiger partial charge in [-0.1, -0.05) is 36.4 Å². The van der Waals surface area contributed by atoms with Crippen LogP contribution in [-0.2, 0) is 22.7 Å². The summed E-state index contributed by atoms with van der Waals surface area (Å²) in [6.45, 7) is 7.68. The lowest BCUT2D eigenvalue weighted by Crippen LogP contribution is -2.53. The van der Waals surface area contributed by atoms with Crippen molar-refractivity contribution in [2.75, 3.05) is 44.2 Å². The molecule has 1 aromatic heterocycles. The maximum absolute atomic E-state index is 13.6. The zero-order valence-corrected chi connectivity index (χ0v) is 23.0. The van der Waals surface area contributed by atoms with Crippen molar-refractivity contribution in [2.45, 2.75) is 50.3 Å². The van der Waals surface area contributed by atoms with E-state index in [1.807, 2.05) is 42.2 Å². The molecule has 0 saturated carbocycles. The molecule has 5 rings (SSSR count). The Hall–Kier alpha value is -2.89. The Morgan fingerprint density at radius 3 is 2.21 bits per heavy atom. The van der Waals surface area contributed by atoms with Gasteiger partial charge in [0.15, 0.2) is 0 Å². The molecule has 210 valence electrons. The molecule has 11 heteroatoms. The minimum absolute atomic E-state index is 0.253. The van der Waals surface area contributed by atoms with E-state index >= 15 is 0 Å². The molecule has 2 aromatic carbocycles. The first-order chi connectivity index (χ1) is 18.5. The van der Waals surface area contributed by atoms with Crippen molar-refractivity contribution in [1.29, 1.82) is 0 Å². The summed E-state index contributed by atoms with van der Waals surface area (Å²) in [5.74, 6) is 0. The Kier molecular flexibility index (Phi) is 7.76. The highest BCUT2D eigenvalue weighted by molar-refractivity contribution is 7.89.